The summed E-state index contributed by atoms with van der Waals surface area (Å²) in [6.07, 6.45) is 4.45. The maximum absolute atomic E-state index is 10.4. The Bertz CT molecular complexity index is 338. The van der Waals surface area contributed by atoms with Gasteiger partial charge in [0.05, 0.1) is 0 Å². The molecule has 0 spiro atoms. The number of carbonyl (C=O) groups is 1. The number of aryl methyl sites for hydroxylation is 1. The number of amides is 1. The molecule has 1 N–H and O–H groups in total. The van der Waals surface area contributed by atoms with Crippen LogP contribution in [0.2, 0.25) is 0 Å². The van der Waals surface area contributed by atoms with E-state index in [2.05, 4.69) is 36.5 Å². The van der Waals surface area contributed by atoms with E-state index in [4.69, 9.17) is 0 Å². The van der Waals surface area contributed by atoms with Crippen LogP contribution in [0.1, 0.15) is 30.4 Å². The average molecular weight is 203 g/mol. The van der Waals surface area contributed by atoms with Crippen molar-refractivity contribution in [1.82, 2.24) is 5.32 Å². The van der Waals surface area contributed by atoms with E-state index in [-0.39, 0.29) is 5.41 Å². The van der Waals surface area contributed by atoms with Gasteiger partial charge in [0, 0.05) is 12.0 Å². The van der Waals surface area contributed by atoms with E-state index < -0.39 is 0 Å². The fourth-order valence-corrected chi connectivity index (χ4v) is 2.32. The van der Waals surface area contributed by atoms with E-state index in [1.165, 1.54) is 30.4 Å². The minimum Gasteiger partial charge on any atom is -0.358 e. The van der Waals surface area contributed by atoms with E-state index >= 15 is 0 Å². The molecule has 1 aromatic carbocycles. The molecule has 0 aliphatic heterocycles. The van der Waals surface area contributed by atoms with E-state index in [1.54, 1.807) is 0 Å². The summed E-state index contributed by atoms with van der Waals surface area (Å²) in [5, 5.41) is 2.82. The third kappa shape index (κ3) is 1.89. The van der Waals surface area contributed by atoms with Gasteiger partial charge in [-0.05, 0) is 25.3 Å². The molecule has 2 nitrogen and oxygen atoms in total. The van der Waals surface area contributed by atoms with E-state index in [9.17, 15) is 4.79 Å². The second-order valence-electron chi connectivity index (χ2n) is 4.50. The molecule has 1 fully saturated rings. The molecule has 1 aliphatic carbocycles. The highest BCUT2D eigenvalue weighted by molar-refractivity contribution is 5.47. The zero-order valence-corrected chi connectivity index (χ0v) is 9.12. The SMILES string of the molecule is Cc1ccc(C2(CNC=O)CCC2)cc1. The summed E-state index contributed by atoms with van der Waals surface area (Å²) in [6, 6.07) is 8.69. The minimum atomic E-state index is 0.217. The Labute approximate surface area is 90.7 Å². The van der Waals surface area contributed by atoms with Crippen molar-refractivity contribution in [2.45, 2.75) is 31.6 Å². The molecule has 0 saturated heterocycles. The van der Waals surface area contributed by atoms with E-state index in [0.29, 0.717) is 0 Å². The molecule has 0 atom stereocenters. The van der Waals surface area contributed by atoms with Gasteiger partial charge in [-0.3, -0.25) is 4.79 Å². The lowest BCUT2D eigenvalue weighted by Gasteiger charge is -2.42. The van der Waals surface area contributed by atoms with Crippen molar-refractivity contribution in [3.63, 3.8) is 0 Å². The van der Waals surface area contributed by atoms with Gasteiger partial charge >= 0.3 is 0 Å². The molecule has 0 radical (unpaired) electrons. The van der Waals surface area contributed by atoms with Crippen LogP contribution in [-0.4, -0.2) is 13.0 Å². The van der Waals surface area contributed by atoms with Gasteiger partial charge in [-0.25, -0.2) is 0 Å². The highest BCUT2D eigenvalue weighted by Crippen LogP contribution is 2.43. The summed E-state index contributed by atoms with van der Waals surface area (Å²) in [6.45, 7) is 2.88. The molecular weight excluding hydrogens is 186 g/mol. The molecule has 0 aromatic heterocycles. The molecule has 1 saturated carbocycles. The van der Waals surface area contributed by atoms with Crippen LogP contribution in [-0.2, 0) is 10.2 Å². The highest BCUT2D eigenvalue weighted by Gasteiger charge is 2.38. The molecule has 1 amide bonds. The smallest absolute Gasteiger partial charge is 0.207 e. The van der Waals surface area contributed by atoms with Crippen LogP contribution >= 0.6 is 0 Å². The molecule has 1 aromatic rings. The van der Waals surface area contributed by atoms with Crippen LogP contribution in [0.5, 0.6) is 0 Å². The van der Waals surface area contributed by atoms with Gasteiger partial charge < -0.3 is 5.32 Å². The third-order valence-corrected chi connectivity index (χ3v) is 3.50. The molecule has 80 valence electrons. The van der Waals surface area contributed by atoms with Crippen molar-refractivity contribution in [3.8, 4) is 0 Å². The molecule has 15 heavy (non-hydrogen) atoms. The van der Waals surface area contributed by atoms with Gasteiger partial charge in [0.1, 0.15) is 0 Å². The predicted octanol–water partition coefficient (Wildman–Crippen LogP) is 2.16. The average Bonchev–Trinajstić information content (AvgIpc) is 2.19. The summed E-state index contributed by atoms with van der Waals surface area (Å²) in [5.74, 6) is 0. The lowest BCUT2D eigenvalue weighted by Crippen LogP contribution is -2.43. The quantitative estimate of drug-likeness (QED) is 0.746. The zero-order chi connectivity index (χ0) is 10.7. The third-order valence-electron chi connectivity index (χ3n) is 3.50. The van der Waals surface area contributed by atoms with Crippen LogP contribution in [0.4, 0.5) is 0 Å². The number of carbonyl (C=O) groups excluding carboxylic acids is 1. The topological polar surface area (TPSA) is 29.1 Å². The number of rotatable bonds is 4. The molecular formula is C13H17NO. The monoisotopic (exact) mass is 203 g/mol. The van der Waals surface area contributed by atoms with Crippen LogP contribution in [0.3, 0.4) is 0 Å². The van der Waals surface area contributed by atoms with Crippen LogP contribution in [0.15, 0.2) is 24.3 Å². The van der Waals surface area contributed by atoms with Gasteiger partial charge in [0.2, 0.25) is 6.41 Å². The molecule has 0 bridgehead atoms. The summed E-state index contributed by atoms with van der Waals surface area (Å²) in [7, 11) is 0. The van der Waals surface area contributed by atoms with Gasteiger partial charge in [0.25, 0.3) is 0 Å². The van der Waals surface area contributed by atoms with Crippen molar-refractivity contribution in [2.24, 2.45) is 0 Å². The van der Waals surface area contributed by atoms with Gasteiger partial charge in [-0.2, -0.15) is 0 Å². The second kappa shape index (κ2) is 4.05. The number of benzene rings is 1. The Kier molecular flexibility index (Phi) is 2.76. The standard InChI is InChI=1S/C13H17NO/c1-11-3-5-12(6-4-11)13(7-2-8-13)9-14-10-15/h3-6,10H,2,7-9H2,1H3,(H,14,15). The van der Waals surface area contributed by atoms with Gasteiger partial charge in [-0.1, -0.05) is 36.2 Å². The van der Waals surface area contributed by atoms with Crippen molar-refractivity contribution in [1.29, 1.82) is 0 Å². The van der Waals surface area contributed by atoms with Crippen molar-refractivity contribution >= 4 is 6.41 Å². The number of hydrogen-bond donors (Lipinski definition) is 1. The Morgan fingerprint density at radius 1 is 1.33 bits per heavy atom. The second-order valence-corrected chi connectivity index (χ2v) is 4.50. The Morgan fingerprint density at radius 3 is 2.47 bits per heavy atom. The highest BCUT2D eigenvalue weighted by atomic mass is 16.1. The first kappa shape index (κ1) is 10.2. The first-order valence-corrected chi connectivity index (χ1v) is 5.51. The minimum absolute atomic E-state index is 0.217. The summed E-state index contributed by atoms with van der Waals surface area (Å²) < 4.78 is 0. The molecule has 2 rings (SSSR count). The maximum Gasteiger partial charge on any atom is 0.207 e. The van der Waals surface area contributed by atoms with Crippen LogP contribution in [0, 0.1) is 6.92 Å². The number of hydrogen-bond acceptors (Lipinski definition) is 1. The summed E-state index contributed by atoms with van der Waals surface area (Å²) in [5.41, 5.74) is 2.87. The number of nitrogens with one attached hydrogen (secondary N) is 1. The van der Waals surface area contributed by atoms with E-state index in [0.717, 1.165) is 13.0 Å². The Hall–Kier alpha value is -1.31. The predicted molar refractivity (Wildman–Crippen MR) is 60.8 cm³/mol. The fraction of sp³-hybridized carbons (Fsp3) is 0.462. The Balaban J connectivity index is 2.18. The molecule has 2 heteroatoms. The van der Waals surface area contributed by atoms with Crippen molar-refractivity contribution in [2.75, 3.05) is 6.54 Å². The summed E-state index contributed by atoms with van der Waals surface area (Å²) >= 11 is 0. The Morgan fingerprint density at radius 2 is 2.00 bits per heavy atom. The first-order valence-electron chi connectivity index (χ1n) is 5.51. The molecule has 0 unspecified atom stereocenters. The van der Waals surface area contributed by atoms with Crippen molar-refractivity contribution < 1.29 is 4.79 Å². The fourth-order valence-electron chi connectivity index (χ4n) is 2.32. The van der Waals surface area contributed by atoms with Gasteiger partial charge in [0.15, 0.2) is 0 Å². The summed E-state index contributed by atoms with van der Waals surface area (Å²) in [4.78, 5) is 10.4. The van der Waals surface area contributed by atoms with E-state index in [1.807, 2.05) is 0 Å². The van der Waals surface area contributed by atoms with Crippen molar-refractivity contribution in [3.05, 3.63) is 35.4 Å². The molecule has 1 aliphatic rings. The zero-order valence-electron chi connectivity index (χ0n) is 9.12. The van der Waals surface area contributed by atoms with Crippen LogP contribution < -0.4 is 5.32 Å². The van der Waals surface area contributed by atoms with Gasteiger partial charge in [-0.15, -0.1) is 0 Å². The molecule has 0 heterocycles. The largest absolute Gasteiger partial charge is 0.358 e. The first-order chi connectivity index (χ1) is 7.27. The normalized spacial score (nSPS) is 17.9. The van der Waals surface area contributed by atoms with Crippen LogP contribution in [0.25, 0.3) is 0 Å². The maximum atomic E-state index is 10.4. The lowest BCUT2D eigenvalue weighted by molar-refractivity contribution is -0.109. The lowest BCUT2D eigenvalue weighted by atomic mass is 9.64.